The van der Waals surface area contributed by atoms with Gasteiger partial charge in [-0.1, -0.05) is 29.8 Å². The first-order valence-corrected chi connectivity index (χ1v) is 10.3. The smallest absolute Gasteiger partial charge is 0.0630 e. The first-order chi connectivity index (χ1) is 12.3. The van der Waals surface area contributed by atoms with Gasteiger partial charge in [-0.15, -0.1) is 0 Å². The molecule has 2 aromatic rings. The van der Waals surface area contributed by atoms with Crippen LogP contribution in [-0.4, -0.2) is 18.3 Å². The van der Waals surface area contributed by atoms with Crippen LogP contribution in [0.15, 0.2) is 45.9 Å². The van der Waals surface area contributed by atoms with Gasteiger partial charge in [-0.25, -0.2) is 0 Å². The van der Waals surface area contributed by atoms with Crippen LogP contribution in [0.5, 0.6) is 0 Å². The van der Waals surface area contributed by atoms with E-state index in [1.54, 1.807) is 0 Å². The van der Waals surface area contributed by atoms with Crippen molar-refractivity contribution in [1.29, 1.82) is 0 Å². The van der Waals surface area contributed by atoms with Crippen LogP contribution in [0.3, 0.4) is 0 Å². The van der Waals surface area contributed by atoms with E-state index in [2.05, 4.69) is 72.6 Å². The molecule has 1 heterocycles. The molecule has 0 amide bonds. The topological polar surface area (TPSA) is 15.6 Å². The first kappa shape index (κ1) is 19.2. The van der Waals surface area contributed by atoms with Gasteiger partial charge in [0, 0.05) is 28.5 Å². The minimum atomic E-state index is 0.210. The highest BCUT2D eigenvalue weighted by Gasteiger charge is 2.36. The van der Waals surface area contributed by atoms with E-state index in [9.17, 15) is 0 Å². The summed E-state index contributed by atoms with van der Waals surface area (Å²) < 4.78 is 1.08. The van der Waals surface area contributed by atoms with Crippen LogP contribution in [0.1, 0.15) is 63.1 Å². The van der Waals surface area contributed by atoms with Crippen molar-refractivity contribution in [3.8, 4) is 0 Å². The van der Waals surface area contributed by atoms with E-state index >= 15 is 0 Å². The molecule has 1 unspecified atom stereocenters. The fourth-order valence-corrected chi connectivity index (χ4v) is 4.37. The van der Waals surface area contributed by atoms with E-state index in [0.717, 1.165) is 16.7 Å². The van der Waals surface area contributed by atoms with E-state index in [1.165, 1.54) is 35.2 Å². The quantitative estimate of drug-likeness (QED) is 0.492. The summed E-state index contributed by atoms with van der Waals surface area (Å²) in [6.07, 6.45) is 4.37. The maximum atomic E-state index is 4.68. The van der Waals surface area contributed by atoms with Crippen LogP contribution in [0, 0.1) is 6.92 Å². The number of aryl methyl sites for hydroxylation is 1. The Morgan fingerprint density at radius 3 is 2.58 bits per heavy atom. The molecule has 1 aliphatic rings. The number of anilines is 1. The molecule has 0 fully saturated rings. The van der Waals surface area contributed by atoms with Gasteiger partial charge in [0.05, 0.1) is 5.69 Å². The Morgan fingerprint density at radius 2 is 1.92 bits per heavy atom. The molecule has 138 valence electrons. The Balaban J connectivity index is 1.98. The Morgan fingerprint density at radius 1 is 1.23 bits per heavy atom. The van der Waals surface area contributed by atoms with Gasteiger partial charge in [0.15, 0.2) is 0 Å². The SMILES string of the molecule is CCCN1c2cc(C)c(C=Nc3ccc(Br)cc3)cc2C(C)CC1(C)C. The normalized spacial score (nSPS) is 19.0. The number of benzene rings is 2. The summed E-state index contributed by atoms with van der Waals surface area (Å²) >= 11 is 3.47. The summed E-state index contributed by atoms with van der Waals surface area (Å²) in [4.78, 5) is 7.28. The predicted molar refractivity (Wildman–Crippen MR) is 117 cm³/mol. The van der Waals surface area contributed by atoms with E-state index in [-0.39, 0.29) is 5.54 Å². The third-order valence-electron chi connectivity index (χ3n) is 5.40. The fraction of sp³-hybridized carbons (Fsp3) is 0.435. The lowest BCUT2D eigenvalue weighted by Crippen LogP contribution is -2.48. The molecule has 0 aromatic heterocycles. The highest BCUT2D eigenvalue weighted by molar-refractivity contribution is 9.10. The average Bonchev–Trinajstić information content (AvgIpc) is 2.58. The van der Waals surface area contributed by atoms with Crippen LogP contribution < -0.4 is 4.90 Å². The lowest BCUT2D eigenvalue weighted by Gasteiger charge is -2.48. The van der Waals surface area contributed by atoms with E-state index in [4.69, 9.17) is 0 Å². The zero-order valence-corrected chi connectivity index (χ0v) is 18.1. The molecule has 3 rings (SSSR count). The largest absolute Gasteiger partial charge is 0.366 e. The third kappa shape index (κ3) is 3.88. The third-order valence-corrected chi connectivity index (χ3v) is 5.93. The van der Waals surface area contributed by atoms with Crippen molar-refractivity contribution in [2.45, 2.75) is 58.9 Å². The second kappa shape index (κ2) is 7.56. The Bertz CT molecular complexity index is 806. The molecule has 0 radical (unpaired) electrons. The molecule has 0 N–H and O–H groups in total. The Labute approximate surface area is 166 Å². The molecule has 0 spiro atoms. The molecule has 2 nitrogen and oxygen atoms in total. The minimum Gasteiger partial charge on any atom is -0.366 e. The van der Waals surface area contributed by atoms with E-state index in [0.29, 0.717) is 5.92 Å². The van der Waals surface area contributed by atoms with Crippen LogP contribution in [0.4, 0.5) is 11.4 Å². The van der Waals surface area contributed by atoms with Gasteiger partial charge in [0.2, 0.25) is 0 Å². The van der Waals surface area contributed by atoms with Crippen LogP contribution in [-0.2, 0) is 0 Å². The van der Waals surface area contributed by atoms with E-state index < -0.39 is 0 Å². The van der Waals surface area contributed by atoms with Crippen molar-refractivity contribution in [3.05, 3.63) is 57.6 Å². The van der Waals surface area contributed by atoms with Crippen molar-refractivity contribution in [2.24, 2.45) is 4.99 Å². The number of fused-ring (bicyclic) bond motifs is 1. The van der Waals surface area contributed by atoms with Crippen LogP contribution in [0.25, 0.3) is 0 Å². The maximum absolute atomic E-state index is 4.68. The summed E-state index contributed by atoms with van der Waals surface area (Å²) in [5, 5.41) is 0. The summed E-state index contributed by atoms with van der Waals surface area (Å²) in [6, 6.07) is 12.8. The molecule has 0 saturated carbocycles. The number of aliphatic imine (C=N–C) groups is 1. The second-order valence-electron chi connectivity index (χ2n) is 8.07. The summed E-state index contributed by atoms with van der Waals surface area (Å²) in [5.74, 6) is 0.563. The zero-order chi connectivity index (χ0) is 18.9. The van der Waals surface area contributed by atoms with Gasteiger partial charge in [0.25, 0.3) is 0 Å². The molecular formula is C23H29BrN2. The second-order valence-corrected chi connectivity index (χ2v) is 8.99. The molecule has 3 heteroatoms. The number of halogens is 1. The van der Waals surface area contributed by atoms with Gasteiger partial charge < -0.3 is 4.90 Å². The Kier molecular flexibility index (Phi) is 5.57. The van der Waals surface area contributed by atoms with E-state index in [1.807, 2.05) is 30.5 Å². The molecule has 1 aliphatic heterocycles. The lowest BCUT2D eigenvalue weighted by molar-refractivity contribution is 0.376. The highest BCUT2D eigenvalue weighted by Crippen LogP contribution is 2.44. The summed E-state index contributed by atoms with van der Waals surface area (Å²) in [5.41, 5.74) is 6.56. The molecule has 0 saturated heterocycles. The summed E-state index contributed by atoms with van der Waals surface area (Å²) in [6.45, 7) is 12.7. The van der Waals surface area contributed by atoms with Gasteiger partial charge in [-0.3, -0.25) is 4.99 Å². The monoisotopic (exact) mass is 412 g/mol. The van der Waals surface area contributed by atoms with Gasteiger partial charge in [0.1, 0.15) is 0 Å². The van der Waals surface area contributed by atoms with Crippen molar-refractivity contribution in [3.63, 3.8) is 0 Å². The molecule has 0 bridgehead atoms. The fourth-order valence-electron chi connectivity index (χ4n) is 4.11. The van der Waals surface area contributed by atoms with Crippen molar-refractivity contribution >= 4 is 33.5 Å². The molecule has 2 aromatic carbocycles. The maximum Gasteiger partial charge on any atom is 0.0630 e. The standard InChI is InChI=1S/C23H29BrN2/c1-6-11-26-22-12-16(2)18(13-21(22)17(3)14-23(26,4)5)15-25-20-9-7-19(24)8-10-20/h7-10,12-13,15,17H,6,11,14H2,1-5H3. The van der Waals surface area contributed by atoms with Crippen molar-refractivity contribution in [2.75, 3.05) is 11.4 Å². The van der Waals surface area contributed by atoms with Gasteiger partial charge in [-0.05, 0) is 92.6 Å². The number of nitrogens with zero attached hydrogens (tertiary/aromatic N) is 2. The molecule has 1 atom stereocenters. The zero-order valence-electron chi connectivity index (χ0n) is 16.5. The summed E-state index contributed by atoms with van der Waals surface area (Å²) in [7, 11) is 0. The molecule has 26 heavy (non-hydrogen) atoms. The van der Waals surface area contributed by atoms with Crippen molar-refractivity contribution in [1.82, 2.24) is 0 Å². The molecule has 0 aliphatic carbocycles. The average molecular weight is 413 g/mol. The van der Waals surface area contributed by atoms with Gasteiger partial charge >= 0.3 is 0 Å². The molecular weight excluding hydrogens is 384 g/mol. The predicted octanol–water partition coefficient (Wildman–Crippen LogP) is 7.01. The number of hydrogen-bond acceptors (Lipinski definition) is 2. The first-order valence-electron chi connectivity index (χ1n) is 9.53. The highest BCUT2D eigenvalue weighted by atomic mass is 79.9. The van der Waals surface area contributed by atoms with Gasteiger partial charge in [-0.2, -0.15) is 0 Å². The lowest BCUT2D eigenvalue weighted by atomic mass is 9.79. The van der Waals surface area contributed by atoms with Crippen LogP contribution in [0.2, 0.25) is 0 Å². The number of hydrogen-bond donors (Lipinski definition) is 0. The number of rotatable bonds is 4. The van der Waals surface area contributed by atoms with Crippen LogP contribution >= 0.6 is 15.9 Å². The minimum absolute atomic E-state index is 0.210. The van der Waals surface area contributed by atoms with Crippen molar-refractivity contribution < 1.29 is 0 Å². The Hall–Kier alpha value is -1.61.